The fraction of sp³-hybridized carbons (Fsp3) is 0.425. The van der Waals surface area contributed by atoms with Crippen molar-refractivity contribution in [2.45, 2.75) is 51.1 Å². The Hall–Kier alpha value is -5.90. The number of pyridine rings is 2. The first kappa shape index (κ1) is 35.8. The Morgan fingerprint density at radius 2 is 1.84 bits per heavy atom. The molecule has 4 aromatic rings. The number of carbonyl (C=O) groups excluding carboxylic acids is 3. The van der Waals surface area contributed by atoms with Crippen LogP contribution in [0, 0.1) is 12.7 Å². The Morgan fingerprint density at radius 3 is 2.62 bits per heavy atom. The molecule has 290 valence electrons. The number of benzene rings is 1. The Labute approximate surface area is 323 Å². The second-order valence-electron chi connectivity index (χ2n) is 15.1. The van der Waals surface area contributed by atoms with E-state index in [9.17, 15) is 14.4 Å². The monoisotopic (exact) mass is 761 g/mol. The molecule has 5 aliphatic rings. The van der Waals surface area contributed by atoms with E-state index in [4.69, 9.17) is 9.72 Å². The molecule has 15 nitrogen and oxygen atoms in total. The van der Waals surface area contributed by atoms with E-state index in [-0.39, 0.29) is 24.1 Å². The largest absolute Gasteiger partial charge is 0.474 e. The van der Waals surface area contributed by atoms with Gasteiger partial charge in [-0.25, -0.2) is 19.3 Å². The van der Waals surface area contributed by atoms with Gasteiger partial charge in [-0.05, 0) is 55.2 Å². The van der Waals surface area contributed by atoms with E-state index in [2.05, 4.69) is 52.5 Å². The first-order valence-electron chi connectivity index (χ1n) is 19.3. The molecule has 3 saturated heterocycles. The number of rotatable bonds is 8. The third-order valence-electron chi connectivity index (χ3n) is 11.6. The molecule has 16 heteroatoms. The molecule has 56 heavy (non-hydrogen) atoms. The van der Waals surface area contributed by atoms with Crippen LogP contribution in [-0.2, 0) is 33.8 Å². The zero-order valence-corrected chi connectivity index (χ0v) is 31.3. The third-order valence-corrected chi connectivity index (χ3v) is 11.6. The van der Waals surface area contributed by atoms with Gasteiger partial charge in [0, 0.05) is 82.3 Å². The quantitative estimate of drug-likeness (QED) is 0.225. The number of amides is 3. The van der Waals surface area contributed by atoms with Crippen LogP contribution in [0.15, 0.2) is 48.9 Å². The Balaban J connectivity index is 0.747. The van der Waals surface area contributed by atoms with Gasteiger partial charge in [-0.2, -0.15) is 0 Å². The maximum atomic E-state index is 15.4. The normalized spacial score (nSPS) is 20.0. The number of hydrogen-bond acceptors (Lipinski definition) is 13. The number of piperazine rings is 1. The van der Waals surface area contributed by atoms with Crippen molar-refractivity contribution in [3.05, 3.63) is 82.8 Å². The lowest BCUT2D eigenvalue weighted by molar-refractivity contribution is -0.134. The van der Waals surface area contributed by atoms with Gasteiger partial charge in [0.05, 0.1) is 54.0 Å². The minimum Gasteiger partial charge on any atom is -0.474 e. The number of nitrogens with one attached hydrogen (secondary N) is 3. The molecule has 0 bridgehead atoms. The zero-order chi connectivity index (χ0) is 38.3. The highest BCUT2D eigenvalue weighted by Gasteiger charge is 2.35. The molecule has 1 atom stereocenters. The number of carbonyl (C=O) groups is 3. The summed E-state index contributed by atoms with van der Waals surface area (Å²) in [6.45, 7) is 9.26. The van der Waals surface area contributed by atoms with Crippen molar-refractivity contribution in [3.8, 4) is 5.88 Å². The minimum atomic E-state index is -0.451. The van der Waals surface area contributed by atoms with E-state index in [1.807, 2.05) is 29.4 Å². The van der Waals surface area contributed by atoms with Crippen molar-refractivity contribution >= 4 is 46.4 Å². The van der Waals surface area contributed by atoms with E-state index >= 15 is 4.39 Å². The minimum absolute atomic E-state index is 0.00503. The first-order chi connectivity index (χ1) is 27.3. The smallest absolute Gasteiger partial charge is 0.237 e. The van der Waals surface area contributed by atoms with Crippen molar-refractivity contribution in [1.29, 1.82) is 0 Å². The second-order valence-corrected chi connectivity index (χ2v) is 15.1. The predicted octanol–water partition coefficient (Wildman–Crippen LogP) is 2.92. The van der Waals surface area contributed by atoms with Gasteiger partial charge in [0.25, 0.3) is 0 Å². The second kappa shape index (κ2) is 15.0. The molecule has 3 fully saturated rings. The van der Waals surface area contributed by atoms with Gasteiger partial charge in [-0.1, -0.05) is 6.07 Å². The third kappa shape index (κ3) is 7.16. The van der Waals surface area contributed by atoms with Crippen LogP contribution in [-0.4, -0.2) is 112 Å². The molecule has 9 rings (SSSR count). The highest BCUT2D eigenvalue weighted by atomic mass is 19.1. The lowest BCUT2D eigenvalue weighted by Crippen LogP contribution is -2.63. The molecular formula is C40H44FN11O4. The van der Waals surface area contributed by atoms with Crippen molar-refractivity contribution < 1.29 is 23.5 Å². The Morgan fingerprint density at radius 1 is 0.982 bits per heavy atom. The van der Waals surface area contributed by atoms with Crippen molar-refractivity contribution in [2.24, 2.45) is 0 Å². The zero-order valence-electron chi connectivity index (χ0n) is 31.3. The van der Waals surface area contributed by atoms with Gasteiger partial charge in [0.15, 0.2) is 0 Å². The Kier molecular flexibility index (Phi) is 9.57. The highest BCUT2D eigenvalue weighted by Crippen LogP contribution is 2.36. The van der Waals surface area contributed by atoms with Crippen molar-refractivity contribution in [1.82, 2.24) is 35.1 Å². The number of ether oxygens (including phenoxy) is 1. The summed E-state index contributed by atoms with van der Waals surface area (Å²) in [4.78, 5) is 64.1. The molecule has 0 spiro atoms. The standard InChI is InChI=1S/C40H44FN11O4/c1-24-34(20-44-39-37(24)42-9-15-56-39)51-10-8-26-18-45-40(47-33(26)23-51)46-27-3-2-25(31(41)17-27)16-36(54)50-13-11-49(12-14-50)29-21-52(22-29)28-4-6-32(43-19-28)30-5-7-35(53)48-38(30)55/h2-4,6,17-20,29-30,42H,5,7-16,21-23H2,1H3,(H,45,46,47)(H,48,53,55). The summed E-state index contributed by atoms with van der Waals surface area (Å²) >= 11 is 0. The van der Waals surface area contributed by atoms with E-state index < -0.39 is 11.7 Å². The molecule has 0 saturated carbocycles. The SMILES string of the molecule is Cc1c(N2CCc3cnc(Nc4ccc(CC(=O)N5CCN(C6CN(c7ccc(C8CCC(=O)NC8=O)nc7)C6)CC5)c(F)c4)nc3C2)cnc2c1NCCO2. The fourth-order valence-electron chi connectivity index (χ4n) is 8.27. The highest BCUT2D eigenvalue weighted by molar-refractivity contribution is 6.00. The van der Waals surface area contributed by atoms with Gasteiger partial charge in [0.1, 0.15) is 18.1 Å². The average Bonchev–Trinajstić information content (AvgIpc) is 3.19. The number of aromatic nitrogens is 4. The van der Waals surface area contributed by atoms with Gasteiger partial charge in [-0.15, -0.1) is 0 Å². The molecule has 5 aliphatic heterocycles. The topological polar surface area (TPSA) is 161 Å². The summed E-state index contributed by atoms with van der Waals surface area (Å²) in [5, 5.41) is 8.95. The van der Waals surface area contributed by atoms with E-state index in [1.165, 1.54) is 6.07 Å². The molecule has 0 radical (unpaired) electrons. The molecule has 1 aromatic carbocycles. The first-order valence-corrected chi connectivity index (χ1v) is 19.3. The summed E-state index contributed by atoms with van der Waals surface area (Å²) in [7, 11) is 0. The molecule has 0 aliphatic carbocycles. The summed E-state index contributed by atoms with van der Waals surface area (Å²) in [6.07, 6.45) is 7.09. The maximum Gasteiger partial charge on any atom is 0.237 e. The van der Waals surface area contributed by atoms with Gasteiger partial charge in [0.2, 0.25) is 29.5 Å². The van der Waals surface area contributed by atoms with Gasteiger partial charge < -0.3 is 30.1 Å². The van der Waals surface area contributed by atoms with E-state index in [0.29, 0.717) is 73.9 Å². The van der Waals surface area contributed by atoms with Crippen LogP contribution in [0.2, 0.25) is 0 Å². The Bertz CT molecular complexity index is 2170. The summed E-state index contributed by atoms with van der Waals surface area (Å²) in [6, 6.07) is 9.05. The van der Waals surface area contributed by atoms with Crippen LogP contribution in [0.25, 0.3) is 0 Å². The number of fused-ring (bicyclic) bond motifs is 2. The number of hydrogen-bond donors (Lipinski definition) is 3. The number of anilines is 5. The molecule has 1 unspecified atom stereocenters. The number of piperidine rings is 1. The number of halogens is 1. The van der Waals surface area contributed by atoms with Gasteiger partial charge in [-0.3, -0.25) is 29.6 Å². The maximum absolute atomic E-state index is 15.4. The lowest BCUT2D eigenvalue weighted by atomic mass is 9.94. The number of nitrogens with zero attached hydrogens (tertiary/aromatic N) is 8. The van der Waals surface area contributed by atoms with Crippen LogP contribution in [0.3, 0.4) is 0 Å². The van der Waals surface area contributed by atoms with Crippen LogP contribution < -0.4 is 30.5 Å². The van der Waals surface area contributed by atoms with Gasteiger partial charge >= 0.3 is 0 Å². The van der Waals surface area contributed by atoms with Crippen molar-refractivity contribution in [2.75, 3.05) is 79.4 Å². The van der Waals surface area contributed by atoms with Crippen LogP contribution in [0.1, 0.15) is 46.8 Å². The van der Waals surface area contributed by atoms with E-state index in [1.54, 1.807) is 18.3 Å². The lowest BCUT2D eigenvalue weighted by Gasteiger charge is -2.49. The predicted molar refractivity (Wildman–Crippen MR) is 207 cm³/mol. The van der Waals surface area contributed by atoms with Crippen molar-refractivity contribution in [3.63, 3.8) is 0 Å². The molecule has 3 aromatic heterocycles. The molecule has 3 N–H and O–H groups in total. The summed E-state index contributed by atoms with van der Waals surface area (Å²) in [5.41, 5.74) is 7.60. The fourth-order valence-corrected chi connectivity index (χ4v) is 8.27. The number of imide groups is 1. The van der Waals surface area contributed by atoms with E-state index in [0.717, 1.165) is 79.6 Å². The summed E-state index contributed by atoms with van der Waals surface area (Å²) in [5.74, 6) is -0.426. The van der Waals surface area contributed by atoms with Crippen LogP contribution >= 0.6 is 0 Å². The van der Waals surface area contributed by atoms with Crippen LogP contribution in [0.4, 0.5) is 33.1 Å². The molecular weight excluding hydrogens is 718 g/mol. The average molecular weight is 762 g/mol. The van der Waals surface area contributed by atoms with Crippen LogP contribution in [0.5, 0.6) is 5.88 Å². The summed E-state index contributed by atoms with van der Waals surface area (Å²) < 4.78 is 21.1. The molecule has 3 amide bonds. The molecule has 8 heterocycles.